The van der Waals surface area contributed by atoms with E-state index < -0.39 is 0 Å². The highest BCUT2D eigenvalue weighted by atomic mass is 16.5. The van der Waals surface area contributed by atoms with E-state index in [2.05, 4.69) is 26.8 Å². The molecule has 2 rings (SSSR count). The van der Waals surface area contributed by atoms with Crippen LogP contribution in [0.1, 0.15) is 12.7 Å². The number of hydrogen-bond acceptors (Lipinski definition) is 6. The summed E-state index contributed by atoms with van der Waals surface area (Å²) in [5.41, 5.74) is 5.89. The molecule has 1 fully saturated rings. The summed E-state index contributed by atoms with van der Waals surface area (Å²) in [7, 11) is 2.12. The highest BCUT2D eigenvalue weighted by Crippen LogP contribution is 2.21. The van der Waals surface area contributed by atoms with Crippen molar-refractivity contribution in [2.45, 2.75) is 19.9 Å². The maximum atomic E-state index is 5.89. The van der Waals surface area contributed by atoms with Crippen molar-refractivity contribution in [3.8, 4) is 5.88 Å². The van der Waals surface area contributed by atoms with Gasteiger partial charge in [0.2, 0.25) is 5.88 Å². The van der Waals surface area contributed by atoms with E-state index >= 15 is 0 Å². The van der Waals surface area contributed by atoms with Gasteiger partial charge in [-0.05, 0) is 20.9 Å². The number of hydrogen-bond donors (Lipinski definition) is 1. The molecular weight excluding hydrogens is 242 g/mol. The maximum absolute atomic E-state index is 5.89. The van der Waals surface area contributed by atoms with Gasteiger partial charge in [-0.25, -0.2) is 4.98 Å². The highest BCUT2D eigenvalue weighted by molar-refractivity contribution is 5.44. The average Bonchev–Trinajstić information content (AvgIpc) is 2.38. The van der Waals surface area contributed by atoms with Crippen molar-refractivity contribution in [3.05, 3.63) is 11.9 Å². The molecule has 0 radical (unpaired) electrons. The molecule has 0 amide bonds. The molecule has 1 saturated heterocycles. The molecule has 6 nitrogen and oxygen atoms in total. The first kappa shape index (κ1) is 14.0. The minimum atomic E-state index is 0.294. The zero-order chi connectivity index (χ0) is 13.8. The van der Waals surface area contributed by atoms with Gasteiger partial charge in [-0.2, -0.15) is 4.98 Å². The Morgan fingerprint density at radius 1 is 1.42 bits per heavy atom. The average molecular weight is 265 g/mol. The molecule has 2 heterocycles. The van der Waals surface area contributed by atoms with Gasteiger partial charge in [-0.15, -0.1) is 0 Å². The van der Waals surface area contributed by atoms with Crippen LogP contribution in [0.5, 0.6) is 5.88 Å². The number of anilines is 1. The first-order valence-corrected chi connectivity index (χ1v) is 6.77. The molecule has 1 aromatic rings. The lowest BCUT2D eigenvalue weighted by Gasteiger charge is -2.40. The summed E-state index contributed by atoms with van der Waals surface area (Å²) in [5.74, 6) is 2.29. The first-order chi connectivity index (χ1) is 9.13. The lowest BCUT2D eigenvalue weighted by Crippen LogP contribution is -2.55. The van der Waals surface area contributed by atoms with E-state index in [9.17, 15) is 0 Å². The summed E-state index contributed by atoms with van der Waals surface area (Å²) in [6.07, 6.45) is 0. The lowest BCUT2D eigenvalue weighted by molar-refractivity contribution is 0.268. The van der Waals surface area contributed by atoms with E-state index in [1.54, 1.807) is 0 Å². The van der Waals surface area contributed by atoms with Gasteiger partial charge in [-0.3, -0.25) is 0 Å². The van der Waals surface area contributed by atoms with Gasteiger partial charge in [0.15, 0.2) is 0 Å². The minimum Gasteiger partial charge on any atom is -0.478 e. The van der Waals surface area contributed by atoms with Crippen molar-refractivity contribution < 1.29 is 4.74 Å². The number of aromatic nitrogens is 2. The molecule has 0 aliphatic carbocycles. The number of nitrogens with zero attached hydrogens (tertiary/aromatic N) is 4. The number of rotatable bonds is 4. The molecule has 0 bridgehead atoms. The fraction of sp³-hybridized carbons (Fsp3) is 0.692. The molecular formula is C13H23N5O. The Morgan fingerprint density at radius 3 is 2.89 bits per heavy atom. The Balaban J connectivity index is 2.24. The van der Waals surface area contributed by atoms with E-state index in [4.69, 9.17) is 10.5 Å². The smallest absolute Gasteiger partial charge is 0.218 e. The van der Waals surface area contributed by atoms with Crippen molar-refractivity contribution in [1.29, 1.82) is 0 Å². The van der Waals surface area contributed by atoms with Gasteiger partial charge in [-0.1, -0.05) is 0 Å². The van der Waals surface area contributed by atoms with Gasteiger partial charge >= 0.3 is 0 Å². The molecule has 1 unspecified atom stereocenters. The highest BCUT2D eigenvalue weighted by Gasteiger charge is 2.25. The van der Waals surface area contributed by atoms with Crippen molar-refractivity contribution in [2.24, 2.45) is 5.73 Å². The Bertz CT molecular complexity index is 425. The summed E-state index contributed by atoms with van der Waals surface area (Å²) in [6.45, 7) is 7.99. The second-order valence-electron chi connectivity index (χ2n) is 4.89. The molecule has 19 heavy (non-hydrogen) atoms. The third kappa shape index (κ3) is 3.33. The van der Waals surface area contributed by atoms with Gasteiger partial charge in [0.05, 0.1) is 12.6 Å². The lowest BCUT2D eigenvalue weighted by atomic mass is 10.1. The molecule has 0 saturated carbocycles. The molecule has 1 atom stereocenters. The van der Waals surface area contributed by atoms with Crippen LogP contribution in [0, 0.1) is 6.92 Å². The Labute approximate surface area is 114 Å². The van der Waals surface area contributed by atoms with Crippen LogP contribution in [-0.4, -0.2) is 60.7 Å². The summed E-state index contributed by atoms with van der Waals surface area (Å²) >= 11 is 0. The third-order valence-electron chi connectivity index (χ3n) is 3.35. The number of piperazine rings is 1. The second-order valence-corrected chi connectivity index (χ2v) is 4.89. The van der Waals surface area contributed by atoms with Crippen molar-refractivity contribution >= 4 is 5.82 Å². The summed E-state index contributed by atoms with van der Waals surface area (Å²) in [5, 5.41) is 0. The molecule has 2 N–H and O–H groups in total. The van der Waals surface area contributed by atoms with Crippen molar-refractivity contribution in [2.75, 3.05) is 44.7 Å². The molecule has 1 aliphatic rings. The molecule has 1 aromatic heterocycles. The Hall–Kier alpha value is -1.40. The van der Waals surface area contributed by atoms with Crippen LogP contribution >= 0.6 is 0 Å². The van der Waals surface area contributed by atoms with Crippen LogP contribution in [0.2, 0.25) is 0 Å². The van der Waals surface area contributed by atoms with Crippen molar-refractivity contribution in [3.63, 3.8) is 0 Å². The summed E-state index contributed by atoms with van der Waals surface area (Å²) < 4.78 is 5.49. The predicted molar refractivity (Wildman–Crippen MR) is 75.6 cm³/mol. The van der Waals surface area contributed by atoms with Gasteiger partial charge in [0, 0.05) is 32.2 Å². The largest absolute Gasteiger partial charge is 0.478 e. The van der Waals surface area contributed by atoms with E-state index in [0.29, 0.717) is 25.1 Å². The molecule has 0 spiro atoms. The van der Waals surface area contributed by atoms with Gasteiger partial charge in [0.1, 0.15) is 11.6 Å². The van der Waals surface area contributed by atoms with E-state index in [0.717, 1.165) is 31.3 Å². The Kier molecular flexibility index (Phi) is 4.55. The van der Waals surface area contributed by atoms with Crippen LogP contribution in [-0.2, 0) is 0 Å². The van der Waals surface area contributed by atoms with Crippen molar-refractivity contribution in [1.82, 2.24) is 14.9 Å². The summed E-state index contributed by atoms with van der Waals surface area (Å²) in [6, 6.07) is 2.20. The zero-order valence-electron chi connectivity index (χ0n) is 12.0. The van der Waals surface area contributed by atoms with Crippen LogP contribution in [0.15, 0.2) is 6.07 Å². The minimum absolute atomic E-state index is 0.294. The fourth-order valence-corrected chi connectivity index (χ4v) is 2.41. The topological polar surface area (TPSA) is 67.5 Å². The molecule has 1 aliphatic heterocycles. The Morgan fingerprint density at radius 2 is 2.21 bits per heavy atom. The normalized spacial score (nSPS) is 20.6. The molecule has 0 aromatic carbocycles. The molecule has 6 heteroatoms. The van der Waals surface area contributed by atoms with Crippen LogP contribution in [0.4, 0.5) is 5.82 Å². The van der Waals surface area contributed by atoms with Crippen LogP contribution in [0.3, 0.4) is 0 Å². The predicted octanol–water partition coefficient (Wildman–Crippen LogP) is 0.263. The summed E-state index contributed by atoms with van der Waals surface area (Å²) in [4.78, 5) is 13.4. The van der Waals surface area contributed by atoms with Crippen LogP contribution in [0.25, 0.3) is 0 Å². The number of ether oxygens (including phenoxy) is 1. The monoisotopic (exact) mass is 265 g/mol. The van der Waals surface area contributed by atoms with E-state index in [-0.39, 0.29) is 0 Å². The van der Waals surface area contributed by atoms with E-state index in [1.807, 2.05) is 19.9 Å². The standard InChI is InChI=1S/C13H23N5O/c1-4-19-13-7-12(15-10(2)16-13)18-6-5-17(3)9-11(18)8-14/h7,11H,4-6,8-9,14H2,1-3H3. The SMILES string of the molecule is CCOc1cc(N2CCN(C)CC2CN)nc(C)n1. The maximum Gasteiger partial charge on any atom is 0.218 e. The first-order valence-electron chi connectivity index (χ1n) is 6.77. The second kappa shape index (κ2) is 6.16. The van der Waals surface area contributed by atoms with E-state index in [1.165, 1.54) is 0 Å². The number of likely N-dealkylation sites (N-methyl/N-ethyl adjacent to an activating group) is 1. The third-order valence-corrected chi connectivity index (χ3v) is 3.35. The van der Waals surface area contributed by atoms with Gasteiger partial charge < -0.3 is 20.3 Å². The molecule has 106 valence electrons. The number of nitrogens with two attached hydrogens (primary N) is 1. The van der Waals surface area contributed by atoms with Gasteiger partial charge in [0.25, 0.3) is 0 Å². The van der Waals surface area contributed by atoms with Crippen LogP contribution < -0.4 is 15.4 Å². The quantitative estimate of drug-likeness (QED) is 0.842. The fourth-order valence-electron chi connectivity index (χ4n) is 2.41. The zero-order valence-corrected chi connectivity index (χ0v) is 12.0. The number of aryl methyl sites for hydroxylation is 1.